The normalized spacial score (nSPS) is 10.7. The van der Waals surface area contributed by atoms with Crippen molar-refractivity contribution in [3.63, 3.8) is 0 Å². The molecule has 0 bridgehead atoms. The SMILES string of the molecule is COc1ccc(CNC(=O)/C(C#N)=C\c2cc(Br)ccc2OCC(=O)O)cc1. The molecule has 0 atom stereocenters. The molecule has 0 spiro atoms. The Kier molecular flexibility index (Phi) is 7.60. The summed E-state index contributed by atoms with van der Waals surface area (Å²) in [6, 6.07) is 13.9. The molecule has 0 saturated heterocycles. The van der Waals surface area contributed by atoms with E-state index in [-0.39, 0.29) is 17.9 Å². The Bertz CT molecular complexity index is 933. The highest BCUT2D eigenvalue weighted by atomic mass is 79.9. The molecule has 0 unspecified atom stereocenters. The number of benzene rings is 2. The van der Waals surface area contributed by atoms with Gasteiger partial charge in [-0.15, -0.1) is 0 Å². The van der Waals surface area contributed by atoms with Crippen LogP contribution in [-0.4, -0.2) is 30.7 Å². The maximum absolute atomic E-state index is 12.4. The number of carbonyl (C=O) groups is 2. The number of ether oxygens (including phenoxy) is 2. The van der Waals surface area contributed by atoms with Gasteiger partial charge in [0.15, 0.2) is 6.61 Å². The Morgan fingerprint density at radius 1 is 1.25 bits per heavy atom. The fourth-order valence-electron chi connectivity index (χ4n) is 2.23. The van der Waals surface area contributed by atoms with Crippen molar-refractivity contribution in [2.24, 2.45) is 0 Å². The zero-order valence-corrected chi connectivity index (χ0v) is 16.5. The van der Waals surface area contributed by atoms with E-state index in [2.05, 4.69) is 21.2 Å². The van der Waals surface area contributed by atoms with Gasteiger partial charge in [0, 0.05) is 16.6 Å². The molecule has 28 heavy (non-hydrogen) atoms. The lowest BCUT2D eigenvalue weighted by atomic mass is 10.1. The predicted molar refractivity (Wildman–Crippen MR) is 106 cm³/mol. The van der Waals surface area contributed by atoms with Gasteiger partial charge in [-0.05, 0) is 42.0 Å². The second-order valence-electron chi connectivity index (χ2n) is 5.57. The molecule has 0 aromatic heterocycles. The van der Waals surface area contributed by atoms with Crippen molar-refractivity contribution >= 4 is 33.9 Å². The largest absolute Gasteiger partial charge is 0.497 e. The van der Waals surface area contributed by atoms with E-state index in [0.29, 0.717) is 15.8 Å². The summed E-state index contributed by atoms with van der Waals surface area (Å²) in [5, 5.41) is 20.8. The summed E-state index contributed by atoms with van der Waals surface area (Å²) in [5.74, 6) is -0.726. The van der Waals surface area contributed by atoms with E-state index in [1.54, 1.807) is 49.6 Å². The molecule has 8 heteroatoms. The van der Waals surface area contributed by atoms with Crippen molar-refractivity contribution in [2.45, 2.75) is 6.54 Å². The van der Waals surface area contributed by atoms with Crippen LogP contribution in [0.4, 0.5) is 0 Å². The molecule has 0 radical (unpaired) electrons. The van der Waals surface area contributed by atoms with E-state index < -0.39 is 18.5 Å². The summed E-state index contributed by atoms with van der Waals surface area (Å²) in [6.45, 7) is -0.295. The quantitative estimate of drug-likeness (QED) is 0.478. The topological polar surface area (TPSA) is 109 Å². The Morgan fingerprint density at radius 2 is 1.96 bits per heavy atom. The Balaban J connectivity index is 2.15. The Morgan fingerprint density at radius 3 is 2.57 bits per heavy atom. The number of hydrogen-bond acceptors (Lipinski definition) is 5. The van der Waals surface area contributed by atoms with E-state index in [4.69, 9.17) is 14.6 Å². The average Bonchev–Trinajstić information content (AvgIpc) is 2.69. The molecule has 2 rings (SSSR count). The van der Waals surface area contributed by atoms with Crippen LogP contribution in [0.15, 0.2) is 52.5 Å². The molecule has 1 amide bonds. The van der Waals surface area contributed by atoms with Crippen LogP contribution in [-0.2, 0) is 16.1 Å². The molecule has 0 aliphatic heterocycles. The van der Waals surface area contributed by atoms with Gasteiger partial charge in [0.1, 0.15) is 23.1 Å². The zero-order valence-electron chi connectivity index (χ0n) is 14.9. The lowest BCUT2D eigenvalue weighted by Crippen LogP contribution is -2.24. The molecule has 2 aromatic carbocycles. The van der Waals surface area contributed by atoms with Crippen molar-refractivity contribution in [2.75, 3.05) is 13.7 Å². The Labute approximate surface area is 170 Å². The third kappa shape index (κ3) is 6.14. The zero-order chi connectivity index (χ0) is 20.5. The monoisotopic (exact) mass is 444 g/mol. The van der Waals surface area contributed by atoms with Gasteiger partial charge in [0.2, 0.25) is 0 Å². The number of carboxylic acid groups (broad SMARTS) is 1. The molecule has 0 heterocycles. The van der Waals surface area contributed by atoms with E-state index in [9.17, 15) is 14.9 Å². The molecule has 0 aliphatic rings. The number of nitriles is 1. The van der Waals surface area contributed by atoms with Crippen LogP contribution in [0.25, 0.3) is 6.08 Å². The smallest absolute Gasteiger partial charge is 0.341 e. The summed E-state index contributed by atoms with van der Waals surface area (Å²) in [7, 11) is 1.57. The molecular weight excluding hydrogens is 428 g/mol. The number of nitrogens with one attached hydrogen (secondary N) is 1. The highest BCUT2D eigenvalue weighted by Crippen LogP contribution is 2.25. The first-order valence-electron chi connectivity index (χ1n) is 8.10. The first kappa shape index (κ1) is 21.0. The number of rotatable bonds is 8. The van der Waals surface area contributed by atoms with E-state index in [0.717, 1.165) is 5.56 Å². The van der Waals surface area contributed by atoms with Crippen LogP contribution in [0.3, 0.4) is 0 Å². The first-order valence-corrected chi connectivity index (χ1v) is 8.89. The van der Waals surface area contributed by atoms with E-state index in [1.807, 2.05) is 6.07 Å². The van der Waals surface area contributed by atoms with Gasteiger partial charge in [0.05, 0.1) is 7.11 Å². The second kappa shape index (κ2) is 10.1. The van der Waals surface area contributed by atoms with Gasteiger partial charge in [-0.25, -0.2) is 4.79 Å². The number of methoxy groups -OCH3 is 1. The van der Waals surface area contributed by atoms with Crippen molar-refractivity contribution in [3.05, 3.63) is 63.6 Å². The van der Waals surface area contributed by atoms with Crippen LogP contribution >= 0.6 is 15.9 Å². The number of aliphatic carboxylic acids is 1. The maximum atomic E-state index is 12.4. The first-order chi connectivity index (χ1) is 13.4. The third-order valence-corrected chi connectivity index (χ3v) is 4.09. The number of amides is 1. The molecule has 0 saturated carbocycles. The fourth-order valence-corrected chi connectivity index (χ4v) is 2.61. The molecule has 144 valence electrons. The summed E-state index contributed by atoms with van der Waals surface area (Å²) < 4.78 is 11.0. The third-order valence-electron chi connectivity index (χ3n) is 3.60. The molecule has 0 aliphatic carbocycles. The molecule has 0 fully saturated rings. The predicted octanol–water partition coefficient (Wildman–Crippen LogP) is 3.14. The molecule has 2 N–H and O–H groups in total. The second-order valence-corrected chi connectivity index (χ2v) is 6.48. The average molecular weight is 445 g/mol. The summed E-state index contributed by atoms with van der Waals surface area (Å²) >= 11 is 3.30. The van der Waals surface area contributed by atoms with Crippen molar-refractivity contribution < 1.29 is 24.2 Å². The van der Waals surface area contributed by atoms with Crippen LogP contribution in [0.5, 0.6) is 11.5 Å². The minimum atomic E-state index is -1.13. The number of nitrogens with zero attached hydrogens (tertiary/aromatic N) is 1. The van der Waals surface area contributed by atoms with Gasteiger partial charge >= 0.3 is 5.97 Å². The minimum Gasteiger partial charge on any atom is -0.497 e. The standard InChI is InChI=1S/C20H17BrN2O5/c1-27-17-5-2-13(3-6-17)11-23-20(26)15(10-22)8-14-9-16(21)4-7-18(14)28-12-19(24)25/h2-9H,11-12H2,1H3,(H,23,26)(H,24,25)/b15-8-. The van der Waals surface area contributed by atoms with Crippen LogP contribution < -0.4 is 14.8 Å². The number of hydrogen-bond donors (Lipinski definition) is 2. The number of carbonyl (C=O) groups excluding carboxylic acids is 1. The van der Waals surface area contributed by atoms with Crippen LogP contribution in [0, 0.1) is 11.3 Å². The van der Waals surface area contributed by atoms with Gasteiger partial charge in [-0.1, -0.05) is 28.1 Å². The Hall–Kier alpha value is -3.31. The molecule has 7 nitrogen and oxygen atoms in total. The van der Waals surface area contributed by atoms with E-state index >= 15 is 0 Å². The maximum Gasteiger partial charge on any atom is 0.341 e. The molecular formula is C20H17BrN2O5. The molecule has 2 aromatic rings. The highest BCUT2D eigenvalue weighted by molar-refractivity contribution is 9.10. The fraction of sp³-hybridized carbons (Fsp3) is 0.150. The highest BCUT2D eigenvalue weighted by Gasteiger charge is 2.12. The summed E-state index contributed by atoms with van der Waals surface area (Å²) in [5.41, 5.74) is 1.12. The van der Waals surface area contributed by atoms with Gasteiger partial charge in [-0.2, -0.15) is 5.26 Å². The van der Waals surface area contributed by atoms with Crippen molar-refractivity contribution in [3.8, 4) is 17.6 Å². The van der Waals surface area contributed by atoms with Crippen LogP contribution in [0.2, 0.25) is 0 Å². The van der Waals surface area contributed by atoms with Gasteiger partial charge in [-0.3, -0.25) is 4.79 Å². The lowest BCUT2D eigenvalue weighted by molar-refractivity contribution is -0.139. The van der Waals surface area contributed by atoms with Crippen molar-refractivity contribution in [1.29, 1.82) is 5.26 Å². The van der Waals surface area contributed by atoms with Crippen molar-refractivity contribution in [1.82, 2.24) is 5.32 Å². The minimum absolute atomic E-state index is 0.133. The number of carboxylic acids is 1. The van der Waals surface area contributed by atoms with Crippen LogP contribution in [0.1, 0.15) is 11.1 Å². The van der Waals surface area contributed by atoms with E-state index in [1.165, 1.54) is 6.08 Å². The number of halogens is 1. The van der Waals surface area contributed by atoms with Gasteiger partial charge < -0.3 is 19.9 Å². The lowest BCUT2D eigenvalue weighted by Gasteiger charge is -2.09. The van der Waals surface area contributed by atoms with Gasteiger partial charge in [0.25, 0.3) is 5.91 Å². The summed E-state index contributed by atoms with van der Waals surface area (Å²) in [6.07, 6.45) is 1.35. The summed E-state index contributed by atoms with van der Waals surface area (Å²) in [4.78, 5) is 23.1.